The maximum atomic E-state index is 13.4. The summed E-state index contributed by atoms with van der Waals surface area (Å²) in [6.45, 7) is 8.13. The Labute approximate surface area is 201 Å². The lowest BCUT2D eigenvalue weighted by atomic mass is 9.82. The summed E-state index contributed by atoms with van der Waals surface area (Å²) >= 11 is 0. The van der Waals surface area contributed by atoms with Crippen molar-refractivity contribution in [2.24, 2.45) is 23.7 Å². The summed E-state index contributed by atoms with van der Waals surface area (Å²) in [5.41, 5.74) is 5.79. The van der Waals surface area contributed by atoms with Crippen LogP contribution in [0.4, 0.5) is 0 Å². The second-order valence-electron chi connectivity index (χ2n) is 9.24. The largest absolute Gasteiger partial charge is 0.357 e. The first kappa shape index (κ1) is 26.9. The van der Waals surface area contributed by atoms with Crippen molar-refractivity contribution >= 4 is 23.8 Å². The molecule has 2 rings (SSSR count). The van der Waals surface area contributed by atoms with Gasteiger partial charge in [0.15, 0.2) is 0 Å². The number of nitrogens with one attached hydrogen (secondary N) is 3. The van der Waals surface area contributed by atoms with E-state index in [0.29, 0.717) is 18.7 Å². The molecule has 34 heavy (non-hydrogen) atoms. The second-order valence-corrected chi connectivity index (χ2v) is 9.24. The normalized spacial score (nSPS) is 13.1. The molecule has 1 aromatic heterocycles. The Hall–Kier alpha value is -3.39. The Morgan fingerprint density at radius 3 is 2.24 bits per heavy atom. The molecule has 0 spiro atoms. The smallest absolute Gasteiger partial charge is 0.288 e. The molecule has 0 fully saturated rings. The lowest BCUT2D eigenvalue weighted by Crippen LogP contribution is -2.52. The maximum Gasteiger partial charge on any atom is 0.288 e. The van der Waals surface area contributed by atoms with E-state index in [2.05, 4.69) is 10.4 Å². The predicted molar refractivity (Wildman–Crippen MR) is 131 cm³/mol. The molecular weight excluding hydrogens is 432 g/mol. The van der Waals surface area contributed by atoms with Crippen molar-refractivity contribution in [3.8, 4) is 0 Å². The number of hydrogen-bond acceptors (Lipinski definition) is 4. The number of benzene rings is 1. The van der Waals surface area contributed by atoms with Crippen LogP contribution in [0.1, 0.15) is 56.6 Å². The molecule has 0 radical (unpaired) electrons. The van der Waals surface area contributed by atoms with Gasteiger partial charge in [-0.25, -0.2) is 10.5 Å². The molecule has 8 heteroatoms. The molecule has 0 unspecified atom stereocenters. The molecule has 2 atom stereocenters. The number of hydrogen-bond donors (Lipinski definition) is 4. The van der Waals surface area contributed by atoms with E-state index in [1.807, 2.05) is 70.2 Å². The summed E-state index contributed by atoms with van der Waals surface area (Å²) in [5, 5.41) is 10.7. The van der Waals surface area contributed by atoms with Crippen molar-refractivity contribution in [2.45, 2.75) is 40.5 Å². The highest BCUT2D eigenvalue weighted by atomic mass is 16.5. The number of hydroxylamine groups is 1. The van der Waals surface area contributed by atoms with Crippen molar-refractivity contribution in [3.05, 3.63) is 66.0 Å². The maximum absolute atomic E-state index is 13.4. The van der Waals surface area contributed by atoms with E-state index in [9.17, 15) is 19.6 Å². The first-order valence-electron chi connectivity index (χ1n) is 11.6. The zero-order chi connectivity index (χ0) is 25.1. The van der Waals surface area contributed by atoms with Crippen molar-refractivity contribution in [1.82, 2.24) is 20.9 Å². The molecule has 2 aromatic rings. The van der Waals surface area contributed by atoms with Crippen LogP contribution in [0.2, 0.25) is 0 Å². The Kier molecular flexibility index (Phi) is 10.5. The highest BCUT2D eigenvalue weighted by molar-refractivity contribution is 5.94. The van der Waals surface area contributed by atoms with E-state index >= 15 is 0 Å². The highest BCUT2D eigenvalue weighted by Gasteiger charge is 2.35. The van der Waals surface area contributed by atoms with Crippen LogP contribution in [0.3, 0.4) is 0 Å². The number of rotatable bonds is 11. The predicted octanol–water partition coefficient (Wildman–Crippen LogP) is 4.03. The summed E-state index contributed by atoms with van der Waals surface area (Å²) in [5.74, 6) is -2.77. The molecule has 0 saturated heterocycles. The summed E-state index contributed by atoms with van der Waals surface area (Å²) in [4.78, 5) is 41.9. The van der Waals surface area contributed by atoms with Gasteiger partial charge in [-0.05, 0) is 42.4 Å². The monoisotopic (exact) mass is 468 g/mol. The molecule has 1 heterocycles. The molecule has 0 bridgehead atoms. The number of aromatic nitrogens is 1. The third-order valence-electron chi connectivity index (χ3n) is 5.36. The fourth-order valence-electron chi connectivity index (χ4n) is 3.78. The van der Waals surface area contributed by atoms with Crippen LogP contribution < -0.4 is 10.9 Å². The summed E-state index contributed by atoms with van der Waals surface area (Å²) < 4.78 is 0. The Morgan fingerprint density at radius 1 is 0.971 bits per heavy atom. The van der Waals surface area contributed by atoms with E-state index in [-0.39, 0.29) is 24.2 Å². The van der Waals surface area contributed by atoms with Crippen molar-refractivity contribution in [3.63, 3.8) is 0 Å². The molecule has 0 aliphatic carbocycles. The zero-order valence-corrected chi connectivity index (χ0v) is 20.3. The van der Waals surface area contributed by atoms with Crippen molar-refractivity contribution < 1.29 is 19.6 Å². The topological polar surface area (TPSA) is 115 Å². The van der Waals surface area contributed by atoms with Crippen LogP contribution in [0.25, 0.3) is 6.08 Å². The average molecular weight is 469 g/mol. The number of amides is 3. The van der Waals surface area contributed by atoms with Crippen LogP contribution in [-0.4, -0.2) is 39.5 Å². The average Bonchev–Trinajstić information content (AvgIpc) is 3.34. The van der Waals surface area contributed by atoms with Crippen LogP contribution in [0.5, 0.6) is 0 Å². The SMILES string of the molecule is CC(C)C[C@@H](C(=O)NN(CC(C)C)C(=O)c1ccc[nH]1)[C@H](C/C=C/c1ccccc1)C(=O)NO. The third-order valence-corrected chi connectivity index (χ3v) is 5.36. The van der Waals surface area contributed by atoms with Crippen LogP contribution >= 0.6 is 0 Å². The van der Waals surface area contributed by atoms with Gasteiger partial charge < -0.3 is 4.98 Å². The van der Waals surface area contributed by atoms with Gasteiger partial charge in [0.2, 0.25) is 11.8 Å². The van der Waals surface area contributed by atoms with Crippen LogP contribution in [-0.2, 0) is 9.59 Å². The lowest BCUT2D eigenvalue weighted by Gasteiger charge is -2.30. The van der Waals surface area contributed by atoms with Gasteiger partial charge in [0, 0.05) is 12.7 Å². The minimum absolute atomic E-state index is 0.105. The minimum Gasteiger partial charge on any atom is -0.357 e. The van der Waals surface area contributed by atoms with E-state index in [4.69, 9.17) is 0 Å². The third kappa shape index (κ3) is 8.19. The number of aromatic amines is 1. The molecule has 0 aliphatic rings. The van der Waals surface area contributed by atoms with E-state index in [0.717, 1.165) is 5.56 Å². The van der Waals surface area contributed by atoms with Gasteiger partial charge >= 0.3 is 0 Å². The minimum atomic E-state index is -0.811. The quantitative estimate of drug-likeness (QED) is 0.294. The van der Waals surface area contributed by atoms with E-state index in [1.165, 1.54) is 5.01 Å². The number of hydrazine groups is 1. The van der Waals surface area contributed by atoms with Gasteiger partial charge in [-0.15, -0.1) is 0 Å². The van der Waals surface area contributed by atoms with Gasteiger partial charge in [0.1, 0.15) is 5.69 Å². The molecular formula is C26H36N4O4. The molecule has 0 aliphatic heterocycles. The fourth-order valence-corrected chi connectivity index (χ4v) is 3.78. The summed E-state index contributed by atoms with van der Waals surface area (Å²) in [6, 6.07) is 13.0. The lowest BCUT2D eigenvalue weighted by molar-refractivity contribution is -0.142. The molecule has 8 nitrogen and oxygen atoms in total. The Balaban J connectivity index is 2.27. The second kappa shape index (κ2) is 13.3. The Bertz CT molecular complexity index is 939. The van der Waals surface area contributed by atoms with Crippen molar-refractivity contribution in [2.75, 3.05) is 6.54 Å². The number of carbonyl (C=O) groups is 3. The van der Waals surface area contributed by atoms with Gasteiger partial charge in [-0.2, -0.15) is 0 Å². The number of H-pyrrole nitrogens is 1. The van der Waals surface area contributed by atoms with Gasteiger partial charge in [-0.3, -0.25) is 25.0 Å². The van der Waals surface area contributed by atoms with Crippen LogP contribution in [0.15, 0.2) is 54.7 Å². The molecule has 3 amide bonds. The van der Waals surface area contributed by atoms with Gasteiger partial charge in [-0.1, -0.05) is 70.2 Å². The summed E-state index contributed by atoms with van der Waals surface area (Å²) in [6.07, 6.45) is 6.01. The van der Waals surface area contributed by atoms with E-state index in [1.54, 1.807) is 23.8 Å². The van der Waals surface area contributed by atoms with Crippen LogP contribution in [0, 0.1) is 23.7 Å². The molecule has 4 N–H and O–H groups in total. The zero-order valence-electron chi connectivity index (χ0n) is 20.3. The molecule has 1 aromatic carbocycles. The van der Waals surface area contributed by atoms with Gasteiger partial charge in [0.05, 0.1) is 11.8 Å². The number of allylic oxidation sites excluding steroid dienone is 1. The summed E-state index contributed by atoms with van der Waals surface area (Å²) in [7, 11) is 0. The van der Waals surface area contributed by atoms with E-state index < -0.39 is 23.7 Å². The first-order valence-corrected chi connectivity index (χ1v) is 11.6. The molecule has 184 valence electrons. The number of nitrogens with zero attached hydrogens (tertiary/aromatic N) is 1. The molecule has 0 saturated carbocycles. The fraction of sp³-hybridized carbons (Fsp3) is 0.423. The first-order chi connectivity index (χ1) is 16.2. The Morgan fingerprint density at radius 2 is 1.68 bits per heavy atom. The highest BCUT2D eigenvalue weighted by Crippen LogP contribution is 2.26. The standard InChI is InChI=1S/C26H36N4O4/c1-18(2)16-22(21(25(32)29-34)13-8-12-20-10-6-5-7-11-20)24(31)28-30(17-19(3)4)26(33)23-14-9-15-27-23/h5-12,14-15,18-19,21-22,27,34H,13,16-17H2,1-4H3,(H,28,31)(H,29,32)/b12-8+/t21-,22+/m0/s1. The number of carbonyl (C=O) groups excluding carboxylic acids is 3. The van der Waals surface area contributed by atoms with Crippen molar-refractivity contribution in [1.29, 1.82) is 0 Å². The van der Waals surface area contributed by atoms with Gasteiger partial charge in [0.25, 0.3) is 5.91 Å².